The van der Waals surface area contributed by atoms with Crippen LogP contribution in [-0.2, 0) is 11.2 Å². The van der Waals surface area contributed by atoms with Gasteiger partial charge < -0.3 is 14.9 Å². The van der Waals surface area contributed by atoms with Crippen molar-refractivity contribution in [1.82, 2.24) is 24.4 Å². The van der Waals surface area contributed by atoms with E-state index in [4.69, 9.17) is 0 Å². The number of nitrogens with zero attached hydrogens (tertiary/aromatic N) is 6. The lowest BCUT2D eigenvalue weighted by atomic mass is 10.0. The number of amides is 1. The van der Waals surface area contributed by atoms with Gasteiger partial charge in [-0.3, -0.25) is 9.78 Å². The minimum Gasteiger partial charge on any atom is -0.396 e. The van der Waals surface area contributed by atoms with E-state index in [1.165, 1.54) is 34.9 Å². The van der Waals surface area contributed by atoms with Crippen LogP contribution >= 0.6 is 0 Å². The number of piperazine rings is 1. The van der Waals surface area contributed by atoms with Gasteiger partial charge in [0.05, 0.1) is 28.4 Å². The molecule has 1 unspecified atom stereocenters. The Morgan fingerprint density at radius 1 is 1.26 bits per heavy atom. The van der Waals surface area contributed by atoms with Crippen molar-refractivity contribution in [3.05, 3.63) is 88.3 Å². The van der Waals surface area contributed by atoms with Crippen LogP contribution in [0.25, 0.3) is 16.7 Å². The maximum atomic E-state index is 15.8. The lowest BCUT2D eigenvalue weighted by Gasteiger charge is -2.40. The number of aliphatic hydroxyl groups excluding tert-OH is 1. The first-order valence-electron chi connectivity index (χ1n) is 14.1. The third kappa shape index (κ3) is 5.24. The highest BCUT2D eigenvalue weighted by atomic mass is 19.1. The summed E-state index contributed by atoms with van der Waals surface area (Å²) in [6.07, 6.45) is 8.12. The summed E-state index contributed by atoms with van der Waals surface area (Å²) in [4.78, 5) is 43.5. The van der Waals surface area contributed by atoms with Gasteiger partial charge in [0.2, 0.25) is 5.91 Å². The maximum absolute atomic E-state index is 15.8. The van der Waals surface area contributed by atoms with Crippen molar-refractivity contribution < 1.29 is 18.7 Å². The van der Waals surface area contributed by atoms with Crippen LogP contribution in [0, 0.1) is 5.82 Å². The van der Waals surface area contributed by atoms with Crippen molar-refractivity contribution in [2.24, 2.45) is 0 Å². The first-order valence-corrected chi connectivity index (χ1v) is 14.1. The number of halogens is 2. The number of carbonyl (C=O) groups is 1. The average Bonchev–Trinajstić information content (AvgIpc) is 3.40. The normalized spacial score (nSPS) is 18.7. The van der Waals surface area contributed by atoms with Crippen molar-refractivity contribution in [1.29, 1.82) is 0 Å². The summed E-state index contributed by atoms with van der Waals surface area (Å²) in [5.41, 5.74) is 1.20. The van der Waals surface area contributed by atoms with Crippen LogP contribution in [0.2, 0.25) is 0 Å². The van der Waals surface area contributed by atoms with Gasteiger partial charge in [0.15, 0.2) is 5.65 Å². The second-order valence-electron chi connectivity index (χ2n) is 10.9. The molecule has 3 aromatic rings. The largest absolute Gasteiger partial charge is 0.396 e. The molecular weight excluding hydrogens is 542 g/mol. The standard InChI is InChI=1S/C31H34F2N6O3/c1-5-25(41)37-13-14-38(19(4)17-37)29-22-16-24(33)27(21-9-6-10-23(21)32)35-30(22)39(31(42)36-29)28-20(8-7-15-40)11-12-34-26(28)18(2)3/h5-6,9-12,16,18-19,21,40H,1,7-8,13-15,17H2,2-4H3/t19-,21?/m0/s1. The molecule has 0 saturated carbocycles. The molecular formula is C31H34F2N6O3. The molecule has 1 aliphatic carbocycles. The van der Waals surface area contributed by atoms with Gasteiger partial charge in [-0.2, -0.15) is 4.98 Å². The Labute approximate surface area is 242 Å². The molecule has 11 heteroatoms. The highest BCUT2D eigenvalue weighted by Gasteiger charge is 2.32. The summed E-state index contributed by atoms with van der Waals surface area (Å²) >= 11 is 0. The zero-order valence-electron chi connectivity index (χ0n) is 23.9. The molecule has 4 heterocycles. The minimum absolute atomic E-state index is 0.0446. The molecule has 220 valence electrons. The Kier molecular flexibility index (Phi) is 8.31. The van der Waals surface area contributed by atoms with Crippen molar-refractivity contribution in [2.45, 2.75) is 51.5 Å². The van der Waals surface area contributed by atoms with Crippen LogP contribution in [0.4, 0.5) is 14.6 Å². The molecule has 1 aliphatic heterocycles. The van der Waals surface area contributed by atoms with E-state index in [-0.39, 0.29) is 47.0 Å². The number of fused-ring (bicyclic) bond motifs is 1. The van der Waals surface area contributed by atoms with Crippen LogP contribution < -0.4 is 10.6 Å². The van der Waals surface area contributed by atoms with Crippen LogP contribution in [-0.4, -0.2) is 67.7 Å². The van der Waals surface area contributed by atoms with Gasteiger partial charge in [-0.05, 0) is 55.5 Å². The summed E-state index contributed by atoms with van der Waals surface area (Å²) in [5, 5.41) is 9.83. The molecule has 9 nitrogen and oxygen atoms in total. The topological polar surface area (TPSA) is 104 Å². The van der Waals surface area contributed by atoms with E-state index in [1.807, 2.05) is 25.7 Å². The third-order valence-corrected chi connectivity index (χ3v) is 7.78. The van der Waals surface area contributed by atoms with Gasteiger partial charge in [0.1, 0.15) is 17.5 Å². The first-order chi connectivity index (χ1) is 20.2. The summed E-state index contributed by atoms with van der Waals surface area (Å²) in [5.74, 6) is -2.33. The van der Waals surface area contributed by atoms with Crippen LogP contribution in [0.1, 0.15) is 56.0 Å². The van der Waals surface area contributed by atoms with Gasteiger partial charge >= 0.3 is 5.69 Å². The quantitative estimate of drug-likeness (QED) is 0.403. The van der Waals surface area contributed by atoms with Gasteiger partial charge in [0.25, 0.3) is 0 Å². The molecule has 3 aromatic heterocycles. The summed E-state index contributed by atoms with van der Waals surface area (Å²) < 4.78 is 31.8. The highest BCUT2D eigenvalue weighted by molar-refractivity contribution is 5.90. The molecule has 42 heavy (non-hydrogen) atoms. The molecule has 1 amide bonds. The number of rotatable bonds is 8. The Morgan fingerprint density at radius 2 is 2.05 bits per heavy atom. The van der Waals surface area contributed by atoms with Crippen LogP contribution in [0.15, 0.2) is 59.8 Å². The number of aryl methyl sites for hydroxylation is 1. The van der Waals surface area contributed by atoms with Crippen LogP contribution in [0.3, 0.4) is 0 Å². The van der Waals surface area contributed by atoms with E-state index >= 15 is 4.39 Å². The molecule has 0 bridgehead atoms. The molecule has 0 radical (unpaired) electrons. The van der Waals surface area contributed by atoms with E-state index in [9.17, 15) is 19.1 Å². The Morgan fingerprint density at radius 3 is 2.69 bits per heavy atom. The predicted molar refractivity (Wildman–Crippen MR) is 157 cm³/mol. The van der Waals surface area contributed by atoms with Gasteiger partial charge in [-0.1, -0.05) is 32.6 Å². The zero-order valence-corrected chi connectivity index (χ0v) is 23.9. The number of hydrogen-bond acceptors (Lipinski definition) is 7. The molecule has 0 aromatic carbocycles. The lowest BCUT2D eigenvalue weighted by Crippen LogP contribution is -2.54. The third-order valence-electron chi connectivity index (χ3n) is 7.78. The highest BCUT2D eigenvalue weighted by Crippen LogP contribution is 2.36. The van der Waals surface area contributed by atoms with Gasteiger partial charge in [0, 0.05) is 38.5 Å². The average molecular weight is 577 g/mol. The summed E-state index contributed by atoms with van der Waals surface area (Å²) in [6.45, 7) is 10.4. The van der Waals surface area contributed by atoms with E-state index in [2.05, 4.69) is 21.5 Å². The molecule has 1 saturated heterocycles. The second kappa shape index (κ2) is 11.9. The number of aliphatic hydroxyl groups is 1. The zero-order chi connectivity index (χ0) is 30.1. The predicted octanol–water partition coefficient (Wildman–Crippen LogP) is 4.09. The van der Waals surface area contributed by atoms with Crippen LogP contribution in [0.5, 0.6) is 0 Å². The van der Waals surface area contributed by atoms with E-state index < -0.39 is 23.3 Å². The molecule has 5 rings (SSSR count). The molecule has 2 atom stereocenters. The summed E-state index contributed by atoms with van der Waals surface area (Å²) in [6, 6.07) is 2.80. The molecule has 2 aliphatic rings. The Bertz CT molecular complexity index is 1660. The smallest absolute Gasteiger partial charge is 0.355 e. The number of pyridine rings is 2. The van der Waals surface area contributed by atoms with Gasteiger partial charge in [-0.15, -0.1) is 0 Å². The fourth-order valence-electron chi connectivity index (χ4n) is 5.70. The molecule has 0 spiro atoms. The van der Waals surface area contributed by atoms with Crippen molar-refractivity contribution in [3.63, 3.8) is 0 Å². The molecule has 1 N–H and O–H groups in total. The van der Waals surface area contributed by atoms with E-state index in [0.29, 0.717) is 43.9 Å². The number of hydrogen-bond donors (Lipinski definition) is 1. The van der Waals surface area contributed by atoms with E-state index in [1.54, 1.807) is 17.2 Å². The SMILES string of the molecule is C=CC(=O)N1CCN(c2nc(=O)n(-c3c(CCCO)ccnc3C(C)C)c3nc(C4C=CC=C4F)c(F)cc23)[C@@H](C)C1. The monoisotopic (exact) mass is 576 g/mol. The Balaban J connectivity index is 1.79. The number of anilines is 1. The van der Waals surface area contributed by atoms with Crippen molar-refractivity contribution in [2.75, 3.05) is 31.1 Å². The van der Waals surface area contributed by atoms with Crippen molar-refractivity contribution in [3.8, 4) is 5.69 Å². The maximum Gasteiger partial charge on any atom is 0.355 e. The first kappa shape index (κ1) is 29.2. The summed E-state index contributed by atoms with van der Waals surface area (Å²) in [7, 11) is 0. The minimum atomic E-state index is -1.02. The number of aromatic nitrogens is 4. The second-order valence-corrected chi connectivity index (χ2v) is 10.9. The molecule has 1 fully saturated rings. The number of carbonyl (C=O) groups excluding carboxylic acids is 1. The lowest BCUT2D eigenvalue weighted by molar-refractivity contribution is -0.126. The number of allylic oxidation sites excluding steroid dienone is 4. The van der Waals surface area contributed by atoms with Crippen molar-refractivity contribution >= 4 is 22.8 Å². The van der Waals surface area contributed by atoms with Gasteiger partial charge in [-0.25, -0.2) is 23.1 Å². The Hall–Kier alpha value is -4.25. The fourth-order valence-corrected chi connectivity index (χ4v) is 5.70. The fraction of sp³-hybridized carbons (Fsp3) is 0.387. The van der Waals surface area contributed by atoms with E-state index in [0.717, 1.165) is 5.56 Å².